The molecular formula is C20H24N2O2. The summed E-state index contributed by atoms with van der Waals surface area (Å²) in [4.78, 5) is 27.2. The largest absolute Gasteiger partial charge is 0.342 e. The summed E-state index contributed by atoms with van der Waals surface area (Å²) in [6.45, 7) is 4.76. The Kier molecular flexibility index (Phi) is 5.74. The van der Waals surface area contributed by atoms with E-state index in [-0.39, 0.29) is 11.8 Å². The molecule has 0 radical (unpaired) electrons. The second-order valence-corrected chi connectivity index (χ2v) is 5.94. The van der Waals surface area contributed by atoms with Crippen molar-refractivity contribution in [3.05, 3.63) is 59.7 Å². The molecule has 0 spiro atoms. The van der Waals surface area contributed by atoms with Crippen molar-refractivity contribution in [2.45, 2.75) is 20.4 Å². The van der Waals surface area contributed by atoms with Crippen LogP contribution in [-0.4, -0.2) is 42.3 Å². The summed E-state index contributed by atoms with van der Waals surface area (Å²) >= 11 is 0. The molecule has 0 saturated carbocycles. The minimum absolute atomic E-state index is 0.0217. The maximum absolute atomic E-state index is 12.5. The first-order chi connectivity index (χ1) is 11.4. The number of amides is 2. The predicted molar refractivity (Wildman–Crippen MR) is 96.7 cm³/mol. The first kappa shape index (κ1) is 17.7. The summed E-state index contributed by atoms with van der Waals surface area (Å²) in [6, 6.07) is 15.7. The highest BCUT2D eigenvalue weighted by Crippen LogP contribution is 2.25. The van der Waals surface area contributed by atoms with Gasteiger partial charge in [0.2, 0.25) is 5.91 Å². The molecule has 24 heavy (non-hydrogen) atoms. The number of carbonyl (C=O) groups is 2. The lowest BCUT2D eigenvalue weighted by Crippen LogP contribution is -2.26. The van der Waals surface area contributed by atoms with E-state index in [1.54, 1.807) is 30.8 Å². The highest BCUT2D eigenvalue weighted by molar-refractivity contribution is 6.00. The Morgan fingerprint density at radius 2 is 1.54 bits per heavy atom. The molecule has 2 aromatic rings. The lowest BCUT2D eigenvalue weighted by molar-refractivity contribution is -0.128. The molecule has 0 aliphatic rings. The summed E-state index contributed by atoms with van der Waals surface area (Å²) in [5.74, 6) is 0.0612. The van der Waals surface area contributed by atoms with Gasteiger partial charge in [-0.15, -0.1) is 0 Å². The molecule has 4 nitrogen and oxygen atoms in total. The highest BCUT2D eigenvalue weighted by Gasteiger charge is 2.15. The second-order valence-electron chi connectivity index (χ2n) is 5.94. The Balaban J connectivity index is 2.29. The summed E-state index contributed by atoms with van der Waals surface area (Å²) in [7, 11) is 3.59. The third-order valence-corrected chi connectivity index (χ3v) is 4.20. The SMILES string of the molecule is CCN(C)C(=O)c1ccccc1-c1ccc(CN(C)C(C)=O)cc1. The van der Waals surface area contributed by atoms with Gasteiger partial charge in [0.05, 0.1) is 0 Å². The summed E-state index contributed by atoms with van der Waals surface area (Å²) in [6.07, 6.45) is 0. The molecule has 0 unspecified atom stereocenters. The molecule has 0 aromatic heterocycles. The van der Waals surface area contributed by atoms with E-state index in [2.05, 4.69) is 0 Å². The van der Waals surface area contributed by atoms with Gasteiger partial charge in [0.25, 0.3) is 5.91 Å². The van der Waals surface area contributed by atoms with Crippen LogP contribution in [0.5, 0.6) is 0 Å². The van der Waals surface area contributed by atoms with Crippen molar-refractivity contribution in [2.24, 2.45) is 0 Å². The van der Waals surface area contributed by atoms with Crippen LogP contribution in [-0.2, 0) is 11.3 Å². The van der Waals surface area contributed by atoms with Crippen LogP contribution >= 0.6 is 0 Å². The number of hydrogen-bond acceptors (Lipinski definition) is 2. The van der Waals surface area contributed by atoms with Crippen LogP contribution in [0, 0.1) is 0 Å². The van der Waals surface area contributed by atoms with Crippen LogP contribution in [0.25, 0.3) is 11.1 Å². The topological polar surface area (TPSA) is 40.6 Å². The van der Waals surface area contributed by atoms with E-state index in [1.807, 2.05) is 55.5 Å². The molecule has 0 aliphatic carbocycles. The van der Waals surface area contributed by atoms with E-state index in [1.165, 1.54) is 0 Å². The molecule has 2 aromatic carbocycles. The van der Waals surface area contributed by atoms with Crippen LogP contribution in [0.3, 0.4) is 0 Å². The van der Waals surface area contributed by atoms with Crippen molar-refractivity contribution in [2.75, 3.05) is 20.6 Å². The average molecular weight is 324 g/mol. The van der Waals surface area contributed by atoms with Gasteiger partial charge in [-0.05, 0) is 29.7 Å². The van der Waals surface area contributed by atoms with E-state index in [9.17, 15) is 9.59 Å². The van der Waals surface area contributed by atoms with Gasteiger partial charge in [-0.25, -0.2) is 0 Å². The van der Waals surface area contributed by atoms with Crippen LogP contribution in [0.15, 0.2) is 48.5 Å². The molecule has 0 aliphatic heterocycles. The smallest absolute Gasteiger partial charge is 0.254 e. The fourth-order valence-electron chi connectivity index (χ4n) is 2.45. The molecule has 0 N–H and O–H groups in total. The van der Waals surface area contributed by atoms with Crippen molar-refractivity contribution < 1.29 is 9.59 Å². The van der Waals surface area contributed by atoms with Gasteiger partial charge in [0.1, 0.15) is 0 Å². The summed E-state index contributed by atoms with van der Waals surface area (Å²) < 4.78 is 0. The van der Waals surface area contributed by atoms with E-state index in [0.29, 0.717) is 18.7 Å². The molecule has 126 valence electrons. The Labute approximate surface area is 143 Å². The summed E-state index contributed by atoms with van der Waals surface area (Å²) in [5.41, 5.74) is 3.69. The van der Waals surface area contributed by atoms with Crippen molar-refractivity contribution in [3.8, 4) is 11.1 Å². The molecule has 2 rings (SSSR count). The molecule has 0 saturated heterocycles. The van der Waals surface area contributed by atoms with Gasteiger partial charge in [-0.1, -0.05) is 42.5 Å². The van der Waals surface area contributed by atoms with Crippen molar-refractivity contribution in [3.63, 3.8) is 0 Å². The Morgan fingerprint density at radius 1 is 0.917 bits per heavy atom. The van der Waals surface area contributed by atoms with E-state index in [4.69, 9.17) is 0 Å². The number of carbonyl (C=O) groups excluding carboxylic acids is 2. The Hall–Kier alpha value is -2.62. The number of hydrogen-bond donors (Lipinski definition) is 0. The third kappa shape index (κ3) is 4.02. The Bertz CT molecular complexity index is 723. The highest BCUT2D eigenvalue weighted by atomic mass is 16.2. The molecule has 0 bridgehead atoms. The lowest BCUT2D eigenvalue weighted by Gasteiger charge is -2.18. The first-order valence-corrected chi connectivity index (χ1v) is 8.09. The first-order valence-electron chi connectivity index (χ1n) is 8.09. The molecule has 0 heterocycles. The van der Waals surface area contributed by atoms with Crippen molar-refractivity contribution in [1.82, 2.24) is 9.80 Å². The average Bonchev–Trinajstić information content (AvgIpc) is 2.61. The minimum Gasteiger partial charge on any atom is -0.342 e. The third-order valence-electron chi connectivity index (χ3n) is 4.20. The van der Waals surface area contributed by atoms with Gasteiger partial charge >= 0.3 is 0 Å². The van der Waals surface area contributed by atoms with Gasteiger partial charge < -0.3 is 9.80 Å². The fraction of sp³-hybridized carbons (Fsp3) is 0.300. The van der Waals surface area contributed by atoms with Crippen LogP contribution in [0.1, 0.15) is 29.8 Å². The summed E-state index contributed by atoms with van der Waals surface area (Å²) in [5, 5.41) is 0. The van der Waals surface area contributed by atoms with Gasteiger partial charge in [0.15, 0.2) is 0 Å². The number of benzene rings is 2. The quantitative estimate of drug-likeness (QED) is 0.845. The predicted octanol–water partition coefficient (Wildman–Crippen LogP) is 3.42. The monoisotopic (exact) mass is 324 g/mol. The molecule has 0 atom stereocenters. The van der Waals surface area contributed by atoms with E-state index < -0.39 is 0 Å². The number of nitrogens with zero attached hydrogens (tertiary/aromatic N) is 2. The maximum Gasteiger partial charge on any atom is 0.254 e. The van der Waals surface area contributed by atoms with Crippen LogP contribution < -0.4 is 0 Å². The Morgan fingerprint density at radius 3 is 2.12 bits per heavy atom. The fourth-order valence-corrected chi connectivity index (χ4v) is 2.45. The number of rotatable bonds is 5. The standard InChI is InChI=1S/C20H24N2O2/c1-5-21(3)20(24)19-9-7-6-8-18(19)17-12-10-16(11-13-17)14-22(4)15(2)23/h6-13H,5,14H2,1-4H3. The second kappa shape index (κ2) is 7.77. The van der Waals surface area contributed by atoms with Crippen LogP contribution in [0.2, 0.25) is 0 Å². The van der Waals surface area contributed by atoms with Gasteiger partial charge in [0, 0.05) is 39.7 Å². The normalized spacial score (nSPS) is 10.3. The van der Waals surface area contributed by atoms with Crippen LogP contribution in [0.4, 0.5) is 0 Å². The molecule has 0 fully saturated rings. The zero-order chi connectivity index (χ0) is 17.7. The lowest BCUT2D eigenvalue weighted by atomic mass is 9.98. The zero-order valence-corrected chi connectivity index (χ0v) is 14.7. The molecular weight excluding hydrogens is 300 g/mol. The zero-order valence-electron chi connectivity index (χ0n) is 14.7. The minimum atomic E-state index is 0.0217. The van der Waals surface area contributed by atoms with Gasteiger partial charge in [-0.3, -0.25) is 9.59 Å². The maximum atomic E-state index is 12.5. The van der Waals surface area contributed by atoms with Gasteiger partial charge in [-0.2, -0.15) is 0 Å². The molecule has 4 heteroatoms. The van der Waals surface area contributed by atoms with E-state index in [0.717, 1.165) is 16.7 Å². The van der Waals surface area contributed by atoms with Crippen molar-refractivity contribution >= 4 is 11.8 Å². The molecule has 2 amide bonds. The van der Waals surface area contributed by atoms with Crippen molar-refractivity contribution in [1.29, 1.82) is 0 Å². The van der Waals surface area contributed by atoms with E-state index >= 15 is 0 Å².